The lowest BCUT2D eigenvalue weighted by atomic mass is 10.0. The number of rotatable bonds is 4. The third-order valence-corrected chi connectivity index (χ3v) is 4.02. The molecule has 0 radical (unpaired) electrons. The highest BCUT2D eigenvalue weighted by molar-refractivity contribution is 5.85. The molecule has 2 aromatic rings. The van der Waals surface area contributed by atoms with Gasteiger partial charge in [0.05, 0.1) is 6.10 Å². The number of hydrogen-bond acceptors (Lipinski definition) is 2. The fourth-order valence-corrected chi connectivity index (χ4v) is 2.85. The Bertz CT molecular complexity index is 540. The molecule has 2 heteroatoms. The van der Waals surface area contributed by atoms with E-state index in [0.717, 1.165) is 13.2 Å². The van der Waals surface area contributed by atoms with Crippen LogP contribution in [0.5, 0.6) is 0 Å². The lowest BCUT2D eigenvalue weighted by Crippen LogP contribution is -2.36. The molecule has 1 fully saturated rings. The highest BCUT2D eigenvalue weighted by atomic mass is 16.5. The van der Waals surface area contributed by atoms with Crippen LogP contribution in [-0.4, -0.2) is 18.8 Å². The van der Waals surface area contributed by atoms with Crippen molar-refractivity contribution in [2.75, 3.05) is 6.61 Å². The van der Waals surface area contributed by atoms with Crippen LogP contribution in [-0.2, 0) is 11.3 Å². The first kappa shape index (κ1) is 12.6. The van der Waals surface area contributed by atoms with Crippen molar-refractivity contribution in [1.29, 1.82) is 0 Å². The summed E-state index contributed by atoms with van der Waals surface area (Å²) in [5, 5.41) is 6.26. The van der Waals surface area contributed by atoms with E-state index in [-0.39, 0.29) is 0 Å². The molecule has 1 saturated heterocycles. The molecule has 0 saturated carbocycles. The fourth-order valence-electron chi connectivity index (χ4n) is 2.85. The van der Waals surface area contributed by atoms with Gasteiger partial charge in [0.1, 0.15) is 0 Å². The summed E-state index contributed by atoms with van der Waals surface area (Å²) >= 11 is 0. The summed E-state index contributed by atoms with van der Waals surface area (Å²) in [4.78, 5) is 0. The number of benzene rings is 2. The van der Waals surface area contributed by atoms with Gasteiger partial charge in [-0.25, -0.2) is 0 Å². The Hall–Kier alpha value is -1.38. The molecule has 2 aromatic carbocycles. The van der Waals surface area contributed by atoms with Crippen molar-refractivity contribution in [3.05, 3.63) is 48.0 Å². The van der Waals surface area contributed by atoms with Crippen LogP contribution in [0.25, 0.3) is 10.8 Å². The Morgan fingerprint density at radius 2 is 2.05 bits per heavy atom. The van der Waals surface area contributed by atoms with Crippen LogP contribution in [0.2, 0.25) is 0 Å². The molecule has 3 rings (SSSR count). The first-order valence-corrected chi connectivity index (χ1v) is 7.16. The van der Waals surface area contributed by atoms with Crippen LogP contribution in [0, 0.1) is 0 Å². The van der Waals surface area contributed by atoms with Crippen LogP contribution in [0.3, 0.4) is 0 Å². The second kappa shape index (κ2) is 5.72. The van der Waals surface area contributed by atoms with Gasteiger partial charge in [0.15, 0.2) is 0 Å². The molecule has 19 heavy (non-hydrogen) atoms. The minimum Gasteiger partial charge on any atom is -0.377 e. The van der Waals surface area contributed by atoms with Crippen LogP contribution in [0.1, 0.15) is 25.3 Å². The molecule has 0 aromatic heterocycles. The Kier molecular flexibility index (Phi) is 3.81. The molecule has 0 aliphatic carbocycles. The van der Waals surface area contributed by atoms with Gasteiger partial charge in [0, 0.05) is 19.2 Å². The van der Waals surface area contributed by atoms with Crippen molar-refractivity contribution < 1.29 is 4.74 Å². The average Bonchev–Trinajstić information content (AvgIpc) is 2.99. The highest BCUT2D eigenvalue weighted by Crippen LogP contribution is 2.20. The van der Waals surface area contributed by atoms with Crippen LogP contribution >= 0.6 is 0 Å². The van der Waals surface area contributed by atoms with Gasteiger partial charge < -0.3 is 10.1 Å². The van der Waals surface area contributed by atoms with Gasteiger partial charge in [-0.05, 0) is 36.1 Å². The lowest BCUT2D eigenvalue weighted by Gasteiger charge is -2.20. The molecule has 1 heterocycles. The Labute approximate surface area is 114 Å². The van der Waals surface area contributed by atoms with Gasteiger partial charge in [-0.3, -0.25) is 0 Å². The summed E-state index contributed by atoms with van der Waals surface area (Å²) in [6, 6.07) is 15.5. The zero-order valence-electron chi connectivity index (χ0n) is 11.4. The summed E-state index contributed by atoms with van der Waals surface area (Å²) in [7, 11) is 0. The van der Waals surface area contributed by atoms with E-state index in [0.29, 0.717) is 12.1 Å². The van der Waals surface area contributed by atoms with E-state index < -0.39 is 0 Å². The van der Waals surface area contributed by atoms with E-state index in [2.05, 4.69) is 54.7 Å². The molecule has 0 amide bonds. The Balaban J connectivity index is 1.71. The quantitative estimate of drug-likeness (QED) is 0.903. The van der Waals surface area contributed by atoms with Crippen molar-refractivity contribution >= 4 is 10.8 Å². The molecule has 2 nitrogen and oxygen atoms in total. The minimum absolute atomic E-state index is 0.384. The molecule has 2 unspecified atom stereocenters. The van der Waals surface area contributed by atoms with Gasteiger partial charge in [0.25, 0.3) is 0 Å². The molecule has 100 valence electrons. The monoisotopic (exact) mass is 255 g/mol. The van der Waals surface area contributed by atoms with Gasteiger partial charge in [0.2, 0.25) is 0 Å². The van der Waals surface area contributed by atoms with Gasteiger partial charge in [-0.2, -0.15) is 0 Å². The van der Waals surface area contributed by atoms with Crippen molar-refractivity contribution in [3.8, 4) is 0 Å². The maximum atomic E-state index is 5.73. The Morgan fingerprint density at radius 1 is 1.21 bits per heavy atom. The maximum Gasteiger partial charge on any atom is 0.0726 e. The molecule has 1 N–H and O–H groups in total. The predicted octanol–water partition coefficient (Wildman–Crippen LogP) is 3.50. The number of fused-ring (bicyclic) bond motifs is 1. The molecule has 0 spiro atoms. The van der Waals surface area contributed by atoms with E-state index >= 15 is 0 Å². The second-order valence-electron chi connectivity index (χ2n) is 5.36. The molecule has 2 atom stereocenters. The van der Waals surface area contributed by atoms with Crippen molar-refractivity contribution in [1.82, 2.24) is 5.32 Å². The SMILES string of the molecule is CC(NCc1cccc2ccccc12)C1CCCO1. The first-order valence-electron chi connectivity index (χ1n) is 7.16. The normalized spacial score (nSPS) is 20.8. The van der Waals surface area contributed by atoms with E-state index in [9.17, 15) is 0 Å². The molecule has 1 aliphatic rings. The standard InChI is InChI=1S/C17H21NO/c1-13(17-10-5-11-19-17)18-12-15-8-4-7-14-6-2-3-9-16(14)15/h2-4,6-9,13,17-18H,5,10-12H2,1H3. The number of hydrogen-bond donors (Lipinski definition) is 1. The number of ether oxygens (including phenoxy) is 1. The van der Waals surface area contributed by atoms with Crippen molar-refractivity contribution in [2.45, 2.75) is 38.5 Å². The van der Waals surface area contributed by atoms with Crippen molar-refractivity contribution in [2.24, 2.45) is 0 Å². The fraction of sp³-hybridized carbons (Fsp3) is 0.412. The van der Waals surface area contributed by atoms with Gasteiger partial charge >= 0.3 is 0 Å². The summed E-state index contributed by atoms with van der Waals surface area (Å²) in [6.45, 7) is 4.05. The van der Waals surface area contributed by atoms with E-state index in [1.807, 2.05) is 0 Å². The highest BCUT2D eigenvalue weighted by Gasteiger charge is 2.21. The van der Waals surface area contributed by atoms with Crippen LogP contribution < -0.4 is 5.32 Å². The smallest absolute Gasteiger partial charge is 0.0726 e. The van der Waals surface area contributed by atoms with Gasteiger partial charge in [-0.1, -0.05) is 42.5 Å². The predicted molar refractivity (Wildman–Crippen MR) is 79.2 cm³/mol. The summed E-state index contributed by atoms with van der Waals surface area (Å²) in [5.41, 5.74) is 1.36. The third kappa shape index (κ3) is 2.80. The third-order valence-electron chi connectivity index (χ3n) is 4.02. The average molecular weight is 255 g/mol. The zero-order valence-corrected chi connectivity index (χ0v) is 11.4. The molecule has 1 aliphatic heterocycles. The molecule has 0 bridgehead atoms. The first-order chi connectivity index (χ1) is 9.34. The van der Waals surface area contributed by atoms with Crippen molar-refractivity contribution in [3.63, 3.8) is 0 Å². The largest absolute Gasteiger partial charge is 0.377 e. The summed E-state index contributed by atoms with van der Waals surface area (Å²) in [5.74, 6) is 0. The number of nitrogens with one attached hydrogen (secondary N) is 1. The minimum atomic E-state index is 0.384. The Morgan fingerprint density at radius 3 is 2.89 bits per heavy atom. The second-order valence-corrected chi connectivity index (χ2v) is 5.36. The lowest BCUT2D eigenvalue weighted by molar-refractivity contribution is 0.0832. The van der Waals surface area contributed by atoms with Gasteiger partial charge in [-0.15, -0.1) is 0 Å². The summed E-state index contributed by atoms with van der Waals surface area (Å²) < 4.78 is 5.73. The topological polar surface area (TPSA) is 21.3 Å². The van der Waals surface area contributed by atoms with Crippen LogP contribution in [0.15, 0.2) is 42.5 Å². The van der Waals surface area contributed by atoms with Crippen LogP contribution in [0.4, 0.5) is 0 Å². The molecular formula is C17H21NO. The summed E-state index contributed by atoms with van der Waals surface area (Å²) in [6.07, 6.45) is 2.77. The molecular weight excluding hydrogens is 234 g/mol. The maximum absolute atomic E-state index is 5.73. The van der Waals surface area contributed by atoms with E-state index in [1.54, 1.807) is 0 Å². The zero-order chi connectivity index (χ0) is 13.1. The van der Waals surface area contributed by atoms with E-state index in [1.165, 1.54) is 29.2 Å². The van der Waals surface area contributed by atoms with E-state index in [4.69, 9.17) is 4.74 Å².